The van der Waals surface area contributed by atoms with Gasteiger partial charge in [-0.1, -0.05) is 0 Å². The van der Waals surface area contributed by atoms with Crippen LogP contribution in [-0.4, -0.2) is 27.5 Å². The molecule has 0 heterocycles. The molecular weight excluding hydrogens is 198 g/mol. The fraction of sp³-hybridized carbons (Fsp3) is 0.556. The summed E-state index contributed by atoms with van der Waals surface area (Å²) in [4.78, 5) is 10.8. The van der Waals surface area contributed by atoms with Crippen LogP contribution in [-0.2, 0) is 14.0 Å². The highest BCUT2D eigenvalue weighted by Crippen LogP contribution is 2.01. The molecule has 0 bridgehead atoms. The molecule has 0 amide bonds. The van der Waals surface area contributed by atoms with Gasteiger partial charge in [-0.3, -0.25) is 0 Å². The molecule has 0 unspecified atom stereocenters. The zero-order valence-electron chi connectivity index (χ0n) is 8.74. The Morgan fingerprint density at radius 2 is 2.07 bits per heavy atom. The molecule has 0 saturated carbocycles. The first-order valence-electron chi connectivity index (χ1n) is 4.32. The lowest BCUT2D eigenvalue weighted by Gasteiger charge is -2.16. The standard InChI is InChI=1S/C9H15NO3Si/c1-14(2,3)13-8-7-12-9(11)5-4-6-10/h4-5H,7-8H2,1-3H3. The number of carbonyl (C=O) groups excluding carboxylic acids is 1. The number of ether oxygens (including phenoxy) is 1. The maximum absolute atomic E-state index is 10.8. The molecule has 14 heavy (non-hydrogen) atoms. The van der Waals surface area contributed by atoms with Crippen LogP contribution in [0, 0.1) is 11.3 Å². The minimum atomic E-state index is -1.52. The molecule has 0 N–H and O–H groups in total. The molecule has 0 spiro atoms. The predicted octanol–water partition coefficient (Wildman–Crippen LogP) is 1.46. The fourth-order valence-corrected chi connectivity index (χ4v) is 1.34. The Bertz CT molecular complexity index is 250. The van der Waals surface area contributed by atoms with Crippen LogP contribution in [0.15, 0.2) is 12.2 Å². The predicted molar refractivity (Wildman–Crippen MR) is 55.0 cm³/mol. The summed E-state index contributed by atoms with van der Waals surface area (Å²) in [7, 11) is -1.52. The quantitative estimate of drug-likeness (QED) is 0.228. The maximum Gasteiger partial charge on any atom is 0.331 e. The summed E-state index contributed by atoms with van der Waals surface area (Å²) in [6.07, 6.45) is 2.18. The molecule has 0 fully saturated rings. The second-order valence-electron chi connectivity index (χ2n) is 3.59. The monoisotopic (exact) mass is 213 g/mol. The van der Waals surface area contributed by atoms with Crippen molar-refractivity contribution >= 4 is 14.3 Å². The Hall–Kier alpha value is -1.12. The van der Waals surface area contributed by atoms with Crippen LogP contribution in [0.5, 0.6) is 0 Å². The number of allylic oxidation sites excluding steroid dienone is 1. The molecule has 4 nitrogen and oxygen atoms in total. The van der Waals surface area contributed by atoms with Crippen LogP contribution in [0.25, 0.3) is 0 Å². The Morgan fingerprint density at radius 3 is 2.57 bits per heavy atom. The molecule has 0 aromatic rings. The summed E-state index contributed by atoms with van der Waals surface area (Å²) in [5.41, 5.74) is 0. The van der Waals surface area contributed by atoms with E-state index in [4.69, 9.17) is 14.4 Å². The SMILES string of the molecule is C[Si](C)(C)OCCOC(=O)C=CC#N. The highest BCUT2D eigenvalue weighted by molar-refractivity contribution is 6.69. The largest absolute Gasteiger partial charge is 0.460 e. The molecule has 0 aliphatic rings. The number of nitrogens with zero attached hydrogens (tertiary/aromatic N) is 1. The summed E-state index contributed by atoms with van der Waals surface area (Å²) >= 11 is 0. The summed E-state index contributed by atoms with van der Waals surface area (Å²) in [5.74, 6) is -0.509. The van der Waals surface area contributed by atoms with Gasteiger partial charge in [0.05, 0.1) is 12.7 Å². The third-order valence-corrected chi connectivity index (χ3v) is 2.23. The molecule has 0 aliphatic heterocycles. The van der Waals surface area contributed by atoms with E-state index in [2.05, 4.69) is 19.6 Å². The zero-order chi connectivity index (χ0) is 11.0. The van der Waals surface area contributed by atoms with Gasteiger partial charge in [-0.15, -0.1) is 0 Å². The van der Waals surface area contributed by atoms with Crippen molar-refractivity contribution < 1.29 is 14.0 Å². The third kappa shape index (κ3) is 8.97. The van der Waals surface area contributed by atoms with E-state index in [-0.39, 0.29) is 6.61 Å². The fourth-order valence-electron chi connectivity index (χ4n) is 0.644. The molecule has 0 aromatic carbocycles. The van der Waals surface area contributed by atoms with Gasteiger partial charge in [-0.05, 0) is 19.6 Å². The Balaban J connectivity index is 3.52. The van der Waals surface area contributed by atoms with Crippen LogP contribution in [0.3, 0.4) is 0 Å². The number of carbonyl (C=O) groups is 1. The van der Waals surface area contributed by atoms with Gasteiger partial charge >= 0.3 is 5.97 Å². The van der Waals surface area contributed by atoms with Crippen molar-refractivity contribution in [3.8, 4) is 6.07 Å². The number of nitriles is 1. The van der Waals surface area contributed by atoms with Gasteiger partial charge in [0, 0.05) is 12.2 Å². The van der Waals surface area contributed by atoms with Crippen LogP contribution in [0.2, 0.25) is 19.6 Å². The molecular formula is C9H15NO3Si. The Labute approximate surface area is 85.3 Å². The van der Waals surface area contributed by atoms with Crippen molar-refractivity contribution in [1.29, 1.82) is 5.26 Å². The average molecular weight is 213 g/mol. The van der Waals surface area contributed by atoms with Crippen LogP contribution >= 0.6 is 0 Å². The van der Waals surface area contributed by atoms with Gasteiger partial charge in [0.2, 0.25) is 0 Å². The van der Waals surface area contributed by atoms with E-state index in [1.165, 1.54) is 0 Å². The normalized spacial score (nSPS) is 11.3. The van der Waals surface area contributed by atoms with Gasteiger partial charge in [-0.2, -0.15) is 5.26 Å². The van der Waals surface area contributed by atoms with E-state index >= 15 is 0 Å². The first-order chi connectivity index (χ1) is 6.45. The molecule has 0 aliphatic carbocycles. The van der Waals surface area contributed by atoms with E-state index in [9.17, 15) is 4.79 Å². The van der Waals surface area contributed by atoms with E-state index in [0.717, 1.165) is 12.2 Å². The smallest absolute Gasteiger partial charge is 0.331 e. The van der Waals surface area contributed by atoms with Crippen molar-refractivity contribution in [1.82, 2.24) is 0 Å². The topological polar surface area (TPSA) is 59.3 Å². The van der Waals surface area contributed by atoms with Gasteiger partial charge in [0.25, 0.3) is 0 Å². The first kappa shape index (κ1) is 12.9. The number of hydrogen-bond acceptors (Lipinski definition) is 4. The summed E-state index contributed by atoms with van der Waals surface area (Å²) in [6, 6.07) is 1.71. The third-order valence-electron chi connectivity index (χ3n) is 1.16. The number of hydrogen-bond donors (Lipinski definition) is 0. The molecule has 0 saturated heterocycles. The second kappa shape index (κ2) is 6.35. The highest BCUT2D eigenvalue weighted by Gasteiger charge is 2.13. The van der Waals surface area contributed by atoms with Crippen LogP contribution < -0.4 is 0 Å². The summed E-state index contributed by atoms with van der Waals surface area (Å²) < 4.78 is 10.2. The minimum absolute atomic E-state index is 0.235. The van der Waals surface area contributed by atoms with E-state index in [0.29, 0.717) is 6.61 Å². The van der Waals surface area contributed by atoms with Crippen molar-refractivity contribution in [2.45, 2.75) is 19.6 Å². The van der Waals surface area contributed by atoms with Gasteiger partial charge in [0.1, 0.15) is 6.61 Å². The molecule has 0 aromatic heterocycles. The Kier molecular flexibility index (Phi) is 5.84. The number of rotatable bonds is 5. The van der Waals surface area contributed by atoms with E-state index in [1.807, 2.05) is 0 Å². The lowest BCUT2D eigenvalue weighted by Crippen LogP contribution is -2.27. The van der Waals surface area contributed by atoms with Crippen molar-refractivity contribution in [3.05, 3.63) is 12.2 Å². The van der Waals surface area contributed by atoms with E-state index in [1.54, 1.807) is 6.07 Å². The van der Waals surface area contributed by atoms with Crippen molar-refractivity contribution in [2.24, 2.45) is 0 Å². The van der Waals surface area contributed by atoms with E-state index < -0.39 is 14.3 Å². The van der Waals surface area contributed by atoms with Gasteiger partial charge in [0.15, 0.2) is 8.32 Å². The van der Waals surface area contributed by atoms with Crippen molar-refractivity contribution in [2.75, 3.05) is 13.2 Å². The average Bonchev–Trinajstić information content (AvgIpc) is 2.07. The molecule has 5 heteroatoms. The summed E-state index contributed by atoms with van der Waals surface area (Å²) in [6.45, 7) is 6.83. The van der Waals surface area contributed by atoms with Gasteiger partial charge < -0.3 is 9.16 Å². The minimum Gasteiger partial charge on any atom is -0.460 e. The molecule has 78 valence electrons. The maximum atomic E-state index is 10.8. The molecule has 0 atom stereocenters. The zero-order valence-corrected chi connectivity index (χ0v) is 9.74. The van der Waals surface area contributed by atoms with Crippen LogP contribution in [0.1, 0.15) is 0 Å². The highest BCUT2D eigenvalue weighted by atomic mass is 28.4. The lowest BCUT2D eigenvalue weighted by molar-refractivity contribution is -0.138. The Morgan fingerprint density at radius 1 is 1.43 bits per heavy atom. The second-order valence-corrected chi connectivity index (χ2v) is 8.10. The summed E-state index contributed by atoms with van der Waals surface area (Å²) in [5, 5.41) is 8.13. The van der Waals surface area contributed by atoms with Crippen molar-refractivity contribution in [3.63, 3.8) is 0 Å². The molecule has 0 rings (SSSR count). The van der Waals surface area contributed by atoms with Crippen LogP contribution in [0.4, 0.5) is 0 Å². The number of esters is 1. The van der Waals surface area contributed by atoms with Gasteiger partial charge in [-0.25, -0.2) is 4.79 Å². The first-order valence-corrected chi connectivity index (χ1v) is 7.73. The lowest BCUT2D eigenvalue weighted by atomic mass is 10.5. The molecule has 0 radical (unpaired) electrons.